The van der Waals surface area contributed by atoms with Crippen LogP contribution in [0.3, 0.4) is 0 Å². The molecule has 1 aliphatic carbocycles. The summed E-state index contributed by atoms with van der Waals surface area (Å²) in [7, 11) is 0. The first kappa shape index (κ1) is 15.5. The zero-order valence-corrected chi connectivity index (χ0v) is 13.4. The lowest BCUT2D eigenvalue weighted by molar-refractivity contribution is 0.0981. The minimum absolute atomic E-state index is 0.469. The van der Waals surface area contributed by atoms with Crippen LogP contribution in [0.15, 0.2) is 24.5 Å². The molecule has 20 heavy (non-hydrogen) atoms. The number of hydrogen-bond acceptors (Lipinski definition) is 2. The fourth-order valence-corrected chi connectivity index (χ4v) is 3.73. The maximum Gasteiger partial charge on any atom is 0.0270 e. The summed E-state index contributed by atoms with van der Waals surface area (Å²) in [6.45, 7) is 8.30. The second-order valence-corrected chi connectivity index (χ2v) is 6.96. The first-order valence-corrected chi connectivity index (χ1v) is 8.26. The lowest BCUT2D eigenvalue weighted by Gasteiger charge is -2.43. The lowest BCUT2D eigenvalue weighted by Crippen LogP contribution is -2.46. The van der Waals surface area contributed by atoms with Gasteiger partial charge in [-0.25, -0.2) is 0 Å². The lowest BCUT2D eigenvalue weighted by atomic mass is 9.65. The van der Waals surface area contributed by atoms with Crippen LogP contribution in [0.25, 0.3) is 0 Å². The number of rotatable bonds is 6. The molecule has 0 amide bonds. The third-order valence-electron chi connectivity index (χ3n) is 4.94. The summed E-state index contributed by atoms with van der Waals surface area (Å²) in [6, 6.07) is 4.93. The third kappa shape index (κ3) is 4.05. The molecule has 1 aromatic heterocycles. The van der Waals surface area contributed by atoms with Crippen molar-refractivity contribution in [3.05, 3.63) is 30.1 Å². The Morgan fingerprint density at radius 3 is 2.70 bits per heavy atom. The van der Waals surface area contributed by atoms with Crippen molar-refractivity contribution in [1.29, 1.82) is 0 Å². The predicted molar refractivity (Wildman–Crippen MR) is 85.8 cm³/mol. The van der Waals surface area contributed by atoms with Crippen LogP contribution >= 0.6 is 0 Å². The van der Waals surface area contributed by atoms with Gasteiger partial charge < -0.3 is 5.32 Å². The van der Waals surface area contributed by atoms with Crippen LogP contribution in [0.1, 0.15) is 58.4 Å². The van der Waals surface area contributed by atoms with Crippen molar-refractivity contribution in [2.45, 2.75) is 65.3 Å². The number of pyridine rings is 1. The molecule has 1 aliphatic rings. The minimum Gasteiger partial charge on any atom is -0.313 e. The molecule has 1 N–H and O–H groups in total. The molecule has 0 aromatic carbocycles. The average Bonchev–Trinajstić information content (AvgIpc) is 2.44. The van der Waals surface area contributed by atoms with E-state index in [0.29, 0.717) is 11.5 Å². The van der Waals surface area contributed by atoms with E-state index in [1.165, 1.54) is 37.7 Å². The van der Waals surface area contributed by atoms with Crippen LogP contribution in [0, 0.1) is 11.3 Å². The summed E-state index contributed by atoms with van der Waals surface area (Å²) >= 11 is 0. The molecule has 2 rings (SSSR count). The van der Waals surface area contributed by atoms with Gasteiger partial charge in [0.2, 0.25) is 0 Å². The summed E-state index contributed by atoms with van der Waals surface area (Å²) in [4.78, 5) is 4.14. The van der Waals surface area contributed by atoms with E-state index >= 15 is 0 Å². The molecule has 0 radical (unpaired) electrons. The standard InChI is InChI=1S/C18H30N2/c1-4-11-20-17(14-15-8-12-19-13-9-15)16-7-5-6-10-18(16,2)3/h8-9,12-13,16-17,20H,4-7,10-11,14H2,1-3H3. The minimum atomic E-state index is 0.469. The molecule has 0 aliphatic heterocycles. The molecule has 0 spiro atoms. The van der Waals surface area contributed by atoms with Crippen molar-refractivity contribution < 1.29 is 0 Å². The van der Waals surface area contributed by atoms with Gasteiger partial charge in [-0.05, 0) is 61.3 Å². The Morgan fingerprint density at radius 1 is 1.30 bits per heavy atom. The van der Waals surface area contributed by atoms with Gasteiger partial charge >= 0.3 is 0 Å². The monoisotopic (exact) mass is 274 g/mol. The topological polar surface area (TPSA) is 24.9 Å². The first-order valence-electron chi connectivity index (χ1n) is 8.26. The van der Waals surface area contributed by atoms with E-state index in [1.807, 2.05) is 12.4 Å². The Labute approximate surface area is 124 Å². The molecule has 2 atom stereocenters. The quantitative estimate of drug-likeness (QED) is 0.840. The SMILES string of the molecule is CCCNC(Cc1ccncc1)C1CCCCC1(C)C. The Morgan fingerprint density at radius 2 is 2.05 bits per heavy atom. The first-order chi connectivity index (χ1) is 9.63. The van der Waals surface area contributed by atoms with Crippen LogP contribution in [0.2, 0.25) is 0 Å². The third-order valence-corrected chi connectivity index (χ3v) is 4.94. The summed E-state index contributed by atoms with van der Waals surface area (Å²) < 4.78 is 0. The molecular weight excluding hydrogens is 244 g/mol. The number of aromatic nitrogens is 1. The van der Waals surface area contributed by atoms with Gasteiger partial charge in [-0.3, -0.25) is 4.98 Å². The summed E-state index contributed by atoms with van der Waals surface area (Å²) in [5.74, 6) is 0.788. The number of nitrogens with one attached hydrogen (secondary N) is 1. The molecule has 2 heteroatoms. The normalized spacial score (nSPS) is 23.4. The number of nitrogens with zero attached hydrogens (tertiary/aromatic N) is 1. The van der Waals surface area contributed by atoms with Gasteiger partial charge in [0, 0.05) is 18.4 Å². The van der Waals surface area contributed by atoms with Crippen LogP contribution in [0.4, 0.5) is 0 Å². The summed E-state index contributed by atoms with van der Waals surface area (Å²) in [5.41, 5.74) is 1.88. The summed E-state index contributed by atoms with van der Waals surface area (Å²) in [5, 5.41) is 3.82. The van der Waals surface area contributed by atoms with E-state index < -0.39 is 0 Å². The Bertz CT molecular complexity index is 386. The van der Waals surface area contributed by atoms with Gasteiger partial charge in [0.1, 0.15) is 0 Å². The maximum absolute atomic E-state index is 4.14. The van der Waals surface area contributed by atoms with Crippen molar-refractivity contribution in [1.82, 2.24) is 10.3 Å². The molecule has 1 fully saturated rings. The highest BCUT2D eigenvalue weighted by molar-refractivity contribution is 5.12. The van der Waals surface area contributed by atoms with E-state index in [4.69, 9.17) is 0 Å². The largest absolute Gasteiger partial charge is 0.313 e. The van der Waals surface area contributed by atoms with Crippen molar-refractivity contribution in [2.24, 2.45) is 11.3 Å². The molecule has 1 saturated carbocycles. The van der Waals surface area contributed by atoms with Crippen LogP contribution < -0.4 is 5.32 Å². The Kier molecular flexibility index (Phi) is 5.59. The van der Waals surface area contributed by atoms with Gasteiger partial charge in [-0.15, -0.1) is 0 Å². The van der Waals surface area contributed by atoms with Crippen molar-refractivity contribution in [3.8, 4) is 0 Å². The fourth-order valence-electron chi connectivity index (χ4n) is 3.73. The number of hydrogen-bond donors (Lipinski definition) is 1. The molecule has 2 nitrogen and oxygen atoms in total. The van der Waals surface area contributed by atoms with Crippen LogP contribution in [-0.4, -0.2) is 17.6 Å². The predicted octanol–water partition coefficient (Wildman–Crippen LogP) is 4.21. The molecule has 0 saturated heterocycles. The molecule has 1 aromatic rings. The average molecular weight is 274 g/mol. The van der Waals surface area contributed by atoms with Gasteiger partial charge in [0.15, 0.2) is 0 Å². The fraction of sp³-hybridized carbons (Fsp3) is 0.722. The van der Waals surface area contributed by atoms with E-state index in [-0.39, 0.29) is 0 Å². The highest BCUT2D eigenvalue weighted by atomic mass is 14.9. The van der Waals surface area contributed by atoms with E-state index in [1.54, 1.807) is 0 Å². The van der Waals surface area contributed by atoms with Gasteiger partial charge in [-0.1, -0.05) is 33.6 Å². The molecule has 112 valence electrons. The van der Waals surface area contributed by atoms with Crippen molar-refractivity contribution >= 4 is 0 Å². The van der Waals surface area contributed by atoms with E-state index in [9.17, 15) is 0 Å². The molecule has 2 unspecified atom stereocenters. The van der Waals surface area contributed by atoms with E-state index in [0.717, 1.165) is 18.9 Å². The summed E-state index contributed by atoms with van der Waals surface area (Å²) in [6.07, 6.45) is 11.7. The molecular formula is C18H30N2. The Balaban J connectivity index is 2.09. The Hall–Kier alpha value is -0.890. The molecule has 1 heterocycles. The van der Waals surface area contributed by atoms with Gasteiger partial charge in [-0.2, -0.15) is 0 Å². The highest BCUT2D eigenvalue weighted by Gasteiger charge is 2.37. The second-order valence-electron chi connectivity index (χ2n) is 6.96. The van der Waals surface area contributed by atoms with Crippen molar-refractivity contribution in [2.75, 3.05) is 6.54 Å². The zero-order valence-electron chi connectivity index (χ0n) is 13.4. The highest BCUT2D eigenvalue weighted by Crippen LogP contribution is 2.42. The van der Waals surface area contributed by atoms with Crippen molar-refractivity contribution in [3.63, 3.8) is 0 Å². The second kappa shape index (κ2) is 7.21. The van der Waals surface area contributed by atoms with Crippen LogP contribution in [-0.2, 0) is 6.42 Å². The van der Waals surface area contributed by atoms with Gasteiger partial charge in [0.25, 0.3) is 0 Å². The zero-order chi connectivity index (χ0) is 14.4. The smallest absolute Gasteiger partial charge is 0.0270 e. The van der Waals surface area contributed by atoms with Gasteiger partial charge in [0.05, 0.1) is 0 Å². The van der Waals surface area contributed by atoms with Crippen LogP contribution in [0.5, 0.6) is 0 Å². The van der Waals surface area contributed by atoms with E-state index in [2.05, 4.69) is 43.2 Å². The molecule has 0 bridgehead atoms. The maximum atomic E-state index is 4.14.